The molecule has 0 spiro atoms. The number of allylic oxidation sites excluding steroid dienone is 2. The van der Waals surface area contributed by atoms with E-state index in [1.807, 2.05) is 0 Å². The minimum Gasteiger partial charge on any atom is -0.415 e. The molecule has 0 amide bonds. The van der Waals surface area contributed by atoms with Crippen LogP contribution in [-0.4, -0.2) is 71.5 Å². The van der Waals surface area contributed by atoms with E-state index in [-0.39, 0.29) is 0 Å². The van der Waals surface area contributed by atoms with Crippen molar-refractivity contribution in [2.45, 2.75) is 59.6 Å². The lowest BCUT2D eigenvalue weighted by atomic mass is 9.53. The zero-order valence-electron chi connectivity index (χ0n) is 23.4. The number of alkyl halides is 16. The predicted molar refractivity (Wildman–Crippen MR) is 132 cm³/mol. The molecule has 2 aromatic rings. The second-order valence-corrected chi connectivity index (χ2v) is 10.6. The standard InChI is InChI=1S/C29H16F16O4/c30-17-11-13-21(32,26(38,23(17,34)35)48-19(46)15-7-3-1-4-8-15)25(28(40,41)42,29(43,44)45)22(33)14-12-18(31)24(36,37)27(22,39)49-20(47)16-9-5-2-6-10-16/h1-14,17-18H. The summed E-state index contributed by atoms with van der Waals surface area (Å²) in [6, 6.07) is 7.27. The summed E-state index contributed by atoms with van der Waals surface area (Å²) in [6.45, 7) is 0. The van der Waals surface area contributed by atoms with E-state index in [9.17, 15) is 18.4 Å². The molecule has 0 bridgehead atoms. The third-order valence-corrected chi connectivity index (χ3v) is 7.90. The summed E-state index contributed by atoms with van der Waals surface area (Å²) in [5.41, 5.74) is -25.1. The number of carbonyl (C=O) groups excluding carboxylic acids is 2. The second-order valence-electron chi connectivity index (χ2n) is 10.6. The first-order valence-corrected chi connectivity index (χ1v) is 13.1. The number of hydrogen-bond acceptors (Lipinski definition) is 4. The first-order valence-electron chi connectivity index (χ1n) is 13.1. The molecule has 20 heteroatoms. The van der Waals surface area contributed by atoms with E-state index in [4.69, 9.17) is 0 Å². The molecule has 6 unspecified atom stereocenters. The number of halogens is 16. The number of carbonyl (C=O) groups is 2. The van der Waals surface area contributed by atoms with Gasteiger partial charge in [-0.2, -0.15) is 52.7 Å². The molecule has 268 valence electrons. The second kappa shape index (κ2) is 11.4. The molecular weight excluding hydrogens is 716 g/mol. The van der Waals surface area contributed by atoms with Gasteiger partial charge in [0.15, 0.2) is 12.3 Å². The van der Waals surface area contributed by atoms with Crippen molar-refractivity contribution in [2.75, 3.05) is 0 Å². The van der Waals surface area contributed by atoms with Crippen LogP contribution in [0.5, 0.6) is 0 Å². The Labute approximate surface area is 263 Å². The molecule has 0 N–H and O–H groups in total. The molecule has 49 heavy (non-hydrogen) atoms. The Morgan fingerprint density at radius 1 is 0.531 bits per heavy atom. The van der Waals surface area contributed by atoms with E-state index >= 15 is 61.5 Å². The maximum Gasteiger partial charge on any atom is 0.410 e. The molecule has 0 fully saturated rings. The van der Waals surface area contributed by atoms with Crippen molar-refractivity contribution < 1.29 is 89.3 Å². The van der Waals surface area contributed by atoms with Crippen molar-refractivity contribution >= 4 is 11.9 Å². The van der Waals surface area contributed by atoms with Crippen molar-refractivity contribution in [3.05, 3.63) is 96.1 Å². The molecule has 6 atom stereocenters. The SMILES string of the molecule is O=C(OC1(F)C(F)(F)C(F)C=CC1(F)C(C(F)(F)F)(C(F)(F)F)C1(F)C=CC(F)C(F)(F)C1(F)OC(=O)c1ccccc1)c1ccccc1. The van der Waals surface area contributed by atoms with Gasteiger partial charge in [-0.3, -0.25) is 0 Å². The van der Waals surface area contributed by atoms with Gasteiger partial charge in [-0.15, -0.1) is 0 Å². The van der Waals surface area contributed by atoms with Gasteiger partial charge < -0.3 is 9.47 Å². The smallest absolute Gasteiger partial charge is 0.410 e. The molecular formula is C29H16F16O4. The summed E-state index contributed by atoms with van der Waals surface area (Å²) in [5.74, 6) is -33.2. The number of rotatable bonds is 6. The highest BCUT2D eigenvalue weighted by Gasteiger charge is 3.01. The molecule has 4 nitrogen and oxygen atoms in total. The number of hydrogen-bond donors (Lipinski definition) is 0. The molecule has 0 heterocycles. The van der Waals surface area contributed by atoms with Crippen molar-refractivity contribution in [1.29, 1.82) is 0 Å². The van der Waals surface area contributed by atoms with Crippen LogP contribution in [0.4, 0.5) is 70.2 Å². The summed E-state index contributed by atoms with van der Waals surface area (Å²) in [5, 5.41) is 0. The minimum absolute atomic E-state index is 0.480. The van der Waals surface area contributed by atoms with Gasteiger partial charge in [0.25, 0.3) is 0 Å². The highest BCUT2D eigenvalue weighted by molar-refractivity contribution is 5.90. The maximum atomic E-state index is 17.1. The highest BCUT2D eigenvalue weighted by atomic mass is 19.4. The fourth-order valence-corrected chi connectivity index (χ4v) is 5.52. The van der Waals surface area contributed by atoms with E-state index in [2.05, 4.69) is 9.47 Å². The first kappa shape index (κ1) is 37.6. The van der Waals surface area contributed by atoms with Crippen LogP contribution >= 0.6 is 0 Å². The maximum absolute atomic E-state index is 17.1. The van der Waals surface area contributed by atoms with Gasteiger partial charge in [0.1, 0.15) is 0 Å². The van der Waals surface area contributed by atoms with Crippen LogP contribution in [-0.2, 0) is 9.47 Å². The van der Waals surface area contributed by atoms with Crippen molar-refractivity contribution in [3.63, 3.8) is 0 Å². The molecule has 0 saturated carbocycles. The van der Waals surface area contributed by atoms with Crippen LogP contribution in [0.1, 0.15) is 20.7 Å². The summed E-state index contributed by atoms with van der Waals surface area (Å²) in [7, 11) is 0. The predicted octanol–water partition coefficient (Wildman–Crippen LogP) is 8.65. The Morgan fingerprint density at radius 3 is 1.08 bits per heavy atom. The fourth-order valence-electron chi connectivity index (χ4n) is 5.52. The molecule has 0 radical (unpaired) electrons. The van der Waals surface area contributed by atoms with Gasteiger partial charge in [0, 0.05) is 0 Å². The van der Waals surface area contributed by atoms with Crippen molar-refractivity contribution in [2.24, 2.45) is 5.41 Å². The van der Waals surface area contributed by atoms with Crippen LogP contribution in [0.15, 0.2) is 85.0 Å². The van der Waals surface area contributed by atoms with Gasteiger partial charge in [-0.25, -0.2) is 27.2 Å². The van der Waals surface area contributed by atoms with Gasteiger partial charge in [-0.05, 0) is 48.6 Å². The monoisotopic (exact) mass is 732 g/mol. The van der Waals surface area contributed by atoms with Crippen molar-refractivity contribution in [1.82, 2.24) is 0 Å². The van der Waals surface area contributed by atoms with Crippen LogP contribution in [0.25, 0.3) is 0 Å². The van der Waals surface area contributed by atoms with Gasteiger partial charge in [-0.1, -0.05) is 36.4 Å². The Hall–Kier alpha value is -4.26. The minimum atomic E-state index is -8.20. The molecule has 0 aromatic heterocycles. The molecule has 2 aliphatic carbocycles. The van der Waals surface area contributed by atoms with Crippen LogP contribution in [0.3, 0.4) is 0 Å². The molecule has 0 aliphatic heterocycles. The summed E-state index contributed by atoms with van der Waals surface area (Å²) < 4.78 is 255. The summed E-state index contributed by atoms with van der Waals surface area (Å²) in [6.07, 6.45) is -31.3. The lowest BCUT2D eigenvalue weighted by molar-refractivity contribution is -0.475. The van der Waals surface area contributed by atoms with E-state index in [0.717, 1.165) is 36.4 Å². The zero-order valence-corrected chi connectivity index (χ0v) is 23.4. The lowest BCUT2D eigenvalue weighted by Gasteiger charge is -2.59. The summed E-state index contributed by atoms with van der Waals surface area (Å²) >= 11 is 0. The quantitative estimate of drug-likeness (QED) is 0.170. The number of ether oxygens (including phenoxy) is 2. The number of benzene rings is 2. The molecule has 2 aliphatic rings. The first-order chi connectivity index (χ1) is 22.2. The topological polar surface area (TPSA) is 52.6 Å². The van der Waals surface area contributed by atoms with Gasteiger partial charge in [0.2, 0.25) is 16.8 Å². The third kappa shape index (κ3) is 4.82. The molecule has 0 saturated heterocycles. The number of esters is 2. The summed E-state index contributed by atoms with van der Waals surface area (Å²) in [4.78, 5) is 25.1. The van der Waals surface area contributed by atoms with Crippen LogP contribution in [0, 0.1) is 5.41 Å². The Balaban J connectivity index is 2.19. The van der Waals surface area contributed by atoms with Gasteiger partial charge >= 0.3 is 47.8 Å². The Bertz CT molecular complexity index is 1520. The third-order valence-electron chi connectivity index (χ3n) is 7.90. The van der Waals surface area contributed by atoms with Crippen LogP contribution < -0.4 is 0 Å². The Kier molecular flexibility index (Phi) is 8.73. The lowest BCUT2D eigenvalue weighted by Crippen LogP contribution is -2.86. The van der Waals surface area contributed by atoms with Crippen LogP contribution in [0.2, 0.25) is 0 Å². The highest BCUT2D eigenvalue weighted by Crippen LogP contribution is 2.75. The Morgan fingerprint density at radius 2 is 0.816 bits per heavy atom. The van der Waals surface area contributed by atoms with Crippen molar-refractivity contribution in [3.8, 4) is 0 Å². The van der Waals surface area contributed by atoms with E-state index in [1.54, 1.807) is 0 Å². The largest absolute Gasteiger partial charge is 0.415 e. The average Bonchev–Trinajstić information content (AvgIpc) is 3.00. The van der Waals surface area contributed by atoms with E-state index < -0.39 is 112 Å². The van der Waals surface area contributed by atoms with E-state index in [0.29, 0.717) is 24.3 Å². The zero-order chi connectivity index (χ0) is 37.3. The van der Waals surface area contributed by atoms with E-state index in [1.165, 1.54) is 0 Å². The fraction of sp³-hybridized carbons (Fsp3) is 0.379. The molecule has 2 aromatic carbocycles. The average molecular weight is 732 g/mol. The molecule has 4 rings (SSSR count). The normalized spacial score (nSPS) is 32.7. The van der Waals surface area contributed by atoms with Gasteiger partial charge in [0.05, 0.1) is 11.1 Å².